The molecule has 2 N–H and O–H groups in total. The van der Waals surface area contributed by atoms with Gasteiger partial charge in [-0.05, 0) is 49.4 Å². The predicted octanol–water partition coefficient (Wildman–Crippen LogP) is 2.92. The molecule has 3 aromatic heterocycles. The Bertz CT molecular complexity index is 1270. The van der Waals surface area contributed by atoms with Crippen LogP contribution < -0.4 is 15.8 Å². The van der Waals surface area contributed by atoms with Crippen LogP contribution in [0.25, 0.3) is 11.0 Å². The third kappa shape index (κ3) is 4.45. The van der Waals surface area contributed by atoms with Crippen LogP contribution in [0.2, 0.25) is 5.02 Å². The summed E-state index contributed by atoms with van der Waals surface area (Å²) in [4.78, 5) is 40.8. The van der Waals surface area contributed by atoms with E-state index in [4.69, 9.17) is 11.6 Å². The quantitative estimate of drug-likeness (QED) is 0.600. The van der Waals surface area contributed by atoms with Crippen molar-refractivity contribution in [3.8, 4) is 0 Å². The molecule has 0 spiro atoms. The summed E-state index contributed by atoms with van der Waals surface area (Å²) in [6.45, 7) is 5.49. The Balaban J connectivity index is 1.27. The molecule has 2 aliphatic rings. The average Bonchev–Trinajstić information content (AvgIpc) is 3.63. The van der Waals surface area contributed by atoms with Gasteiger partial charge in [0.05, 0.1) is 27.9 Å². The highest BCUT2D eigenvalue weighted by atomic mass is 35.5. The first-order valence-corrected chi connectivity index (χ1v) is 11.7. The van der Waals surface area contributed by atoms with Crippen molar-refractivity contribution in [2.75, 3.05) is 31.6 Å². The van der Waals surface area contributed by atoms with E-state index in [9.17, 15) is 9.59 Å². The molecule has 1 aliphatic heterocycles. The summed E-state index contributed by atoms with van der Waals surface area (Å²) in [5.74, 6) is 0.112. The molecule has 9 heteroatoms. The Morgan fingerprint density at radius 2 is 2.03 bits per heavy atom. The maximum absolute atomic E-state index is 12.4. The lowest BCUT2D eigenvalue weighted by Gasteiger charge is -2.41. The van der Waals surface area contributed by atoms with Gasteiger partial charge in [-0.3, -0.25) is 19.5 Å². The third-order valence-corrected chi connectivity index (χ3v) is 6.80. The molecule has 0 radical (unpaired) electrons. The standard InChI is InChI=1S/C24H27ClN6O2/c1-14-12-30(5-6-31(14)17-8-19(25)22(28-11-17)24(33)26-2)13-15-7-21-20(27-10-15)9-18(16-3-4-16)23(32)29-21/h7-11,14,16H,3-6,12-13H2,1-2H3,(H,26,33)(H,29,32)/t14-/m0/s1. The van der Waals surface area contributed by atoms with Gasteiger partial charge in [-0.15, -0.1) is 0 Å². The van der Waals surface area contributed by atoms with Crippen LogP contribution >= 0.6 is 11.6 Å². The summed E-state index contributed by atoms with van der Waals surface area (Å²) in [5.41, 5.74) is 4.76. The Morgan fingerprint density at radius 1 is 1.21 bits per heavy atom. The van der Waals surface area contributed by atoms with E-state index in [2.05, 4.69) is 37.0 Å². The number of piperazine rings is 1. The van der Waals surface area contributed by atoms with Crippen molar-refractivity contribution in [1.82, 2.24) is 25.2 Å². The largest absolute Gasteiger partial charge is 0.365 e. The number of aromatic amines is 1. The molecule has 8 nitrogen and oxygen atoms in total. The number of hydrogen-bond donors (Lipinski definition) is 2. The second kappa shape index (κ2) is 8.76. The highest BCUT2D eigenvalue weighted by molar-refractivity contribution is 6.33. The fourth-order valence-corrected chi connectivity index (χ4v) is 4.86. The van der Waals surface area contributed by atoms with Gasteiger partial charge in [0, 0.05) is 51.0 Å². The highest BCUT2D eigenvalue weighted by Gasteiger charge is 2.27. The van der Waals surface area contributed by atoms with Gasteiger partial charge in [-0.2, -0.15) is 0 Å². The van der Waals surface area contributed by atoms with E-state index in [0.29, 0.717) is 10.9 Å². The van der Waals surface area contributed by atoms with E-state index < -0.39 is 0 Å². The van der Waals surface area contributed by atoms with Crippen molar-refractivity contribution in [3.63, 3.8) is 0 Å². The molecular weight excluding hydrogens is 440 g/mol. The molecule has 0 unspecified atom stereocenters. The Kier molecular flexibility index (Phi) is 5.80. The average molecular weight is 467 g/mol. The van der Waals surface area contributed by atoms with Crippen molar-refractivity contribution in [2.24, 2.45) is 0 Å². The van der Waals surface area contributed by atoms with E-state index in [1.54, 1.807) is 13.2 Å². The minimum Gasteiger partial charge on any atom is -0.365 e. The Labute approximate surface area is 197 Å². The van der Waals surface area contributed by atoms with E-state index >= 15 is 0 Å². The lowest BCUT2D eigenvalue weighted by molar-refractivity contribution is 0.0958. The van der Waals surface area contributed by atoms with Gasteiger partial charge in [-0.1, -0.05) is 11.6 Å². The lowest BCUT2D eigenvalue weighted by Crippen LogP contribution is -2.51. The third-order valence-electron chi connectivity index (χ3n) is 6.51. The van der Waals surface area contributed by atoms with Gasteiger partial charge in [0.1, 0.15) is 5.69 Å². The molecule has 5 rings (SSSR count). The first kappa shape index (κ1) is 21.9. The monoisotopic (exact) mass is 466 g/mol. The van der Waals surface area contributed by atoms with Crippen LogP contribution in [-0.2, 0) is 6.54 Å². The molecule has 1 aliphatic carbocycles. The first-order valence-electron chi connectivity index (χ1n) is 11.3. The van der Waals surface area contributed by atoms with Crippen molar-refractivity contribution in [2.45, 2.75) is 38.3 Å². The molecule has 3 aromatic rings. The van der Waals surface area contributed by atoms with E-state index in [-0.39, 0.29) is 23.2 Å². The van der Waals surface area contributed by atoms with Gasteiger partial charge in [0.25, 0.3) is 11.5 Å². The van der Waals surface area contributed by atoms with E-state index in [1.165, 1.54) is 0 Å². The SMILES string of the molecule is CNC(=O)c1ncc(N2CCN(Cc3cnc4cc(C5CC5)c(=O)[nH]c4c3)C[C@@H]2C)cc1Cl. The normalized spacial score (nSPS) is 19.1. The molecule has 33 heavy (non-hydrogen) atoms. The fourth-order valence-electron chi connectivity index (χ4n) is 4.61. The second-order valence-corrected chi connectivity index (χ2v) is 9.39. The number of H-pyrrole nitrogens is 1. The van der Waals surface area contributed by atoms with Crippen LogP contribution in [-0.4, -0.2) is 58.5 Å². The summed E-state index contributed by atoms with van der Waals surface area (Å²) in [6, 6.07) is 6.05. The zero-order valence-corrected chi connectivity index (χ0v) is 19.5. The van der Waals surface area contributed by atoms with Crippen LogP contribution in [0.15, 0.2) is 35.4 Å². The van der Waals surface area contributed by atoms with Crippen LogP contribution in [0.3, 0.4) is 0 Å². The topological polar surface area (TPSA) is 94.2 Å². The number of halogens is 1. The number of nitrogens with zero attached hydrogens (tertiary/aromatic N) is 4. The number of anilines is 1. The van der Waals surface area contributed by atoms with Crippen LogP contribution in [0, 0.1) is 0 Å². The number of amides is 1. The summed E-state index contributed by atoms with van der Waals surface area (Å²) in [6.07, 6.45) is 5.81. The van der Waals surface area contributed by atoms with Gasteiger partial charge in [-0.25, -0.2) is 4.98 Å². The number of hydrogen-bond acceptors (Lipinski definition) is 6. The van der Waals surface area contributed by atoms with Crippen molar-refractivity contribution in [1.29, 1.82) is 0 Å². The van der Waals surface area contributed by atoms with Crippen molar-refractivity contribution < 1.29 is 4.79 Å². The molecular formula is C24H27ClN6O2. The number of carbonyl (C=O) groups excluding carboxylic acids is 1. The number of fused-ring (bicyclic) bond motifs is 1. The molecule has 1 amide bonds. The lowest BCUT2D eigenvalue weighted by atomic mass is 10.1. The molecule has 4 heterocycles. The summed E-state index contributed by atoms with van der Waals surface area (Å²) < 4.78 is 0. The zero-order chi connectivity index (χ0) is 23.1. The van der Waals surface area contributed by atoms with Crippen LogP contribution in [0.1, 0.15) is 47.3 Å². The summed E-state index contributed by atoms with van der Waals surface area (Å²) >= 11 is 6.30. The van der Waals surface area contributed by atoms with E-state index in [1.807, 2.05) is 24.4 Å². The first-order chi connectivity index (χ1) is 15.9. The summed E-state index contributed by atoms with van der Waals surface area (Å²) in [5, 5.41) is 2.90. The summed E-state index contributed by atoms with van der Waals surface area (Å²) in [7, 11) is 1.56. The molecule has 1 saturated carbocycles. The van der Waals surface area contributed by atoms with Crippen LogP contribution in [0.5, 0.6) is 0 Å². The van der Waals surface area contributed by atoms with Gasteiger partial charge < -0.3 is 15.2 Å². The van der Waals surface area contributed by atoms with Gasteiger partial charge >= 0.3 is 0 Å². The molecule has 1 atom stereocenters. The number of pyridine rings is 3. The number of aromatic nitrogens is 3. The van der Waals surface area contributed by atoms with Crippen LogP contribution in [0.4, 0.5) is 5.69 Å². The Morgan fingerprint density at radius 3 is 2.73 bits per heavy atom. The zero-order valence-electron chi connectivity index (χ0n) is 18.8. The minimum atomic E-state index is -0.293. The maximum Gasteiger partial charge on any atom is 0.271 e. The number of rotatable bonds is 5. The Hall–Kier alpha value is -2.97. The predicted molar refractivity (Wildman–Crippen MR) is 129 cm³/mol. The maximum atomic E-state index is 12.4. The fraction of sp³-hybridized carbons (Fsp3) is 0.417. The van der Waals surface area contributed by atoms with Crippen molar-refractivity contribution >= 4 is 34.2 Å². The minimum absolute atomic E-state index is 0.0147. The molecule has 1 saturated heterocycles. The molecule has 0 bridgehead atoms. The smallest absolute Gasteiger partial charge is 0.271 e. The molecule has 172 valence electrons. The number of carbonyl (C=O) groups is 1. The van der Waals surface area contributed by atoms with Gasteiger partial charge in [0.15, 0.2) is 0 Å². The molecule has 2 fully saturated rings. The van der Waals surface area contributed by atoms with Gasteiger partial charge in [0.2, 0.25) is 0 Å². The molecule has 0 aromatic carbocycles. The second-order valence-electron chi connectivity index (χ2n) is 8.99. The van der Waals surface area contributed by atoms with Crippen molar-refractivity contribution in [3.05, 3.63) is 62.8 Å². The highest BCUT2D eigenvalue weighted by Crippen LogP contribution is 2.38. The van der Waals surface area contributed by atoms with E-state index in [0.717, 1.165) is 66.9 Å². The number of nitrogens with one attached hydrogen (secondary N) is 2.